The lowest BCUT2D eigenvalue weighted by atomic mass is 10.2. The van der Waals surface area contributed by atoms with Crippen LogP contribution in [0, 0.1) is 5.82 Å². The van der Waals surface area contributed by atoms with E-state index < -0.39 is 11.4 Å². The Morgan fingerprint density at radius 3 is 2.50 bits per heavy atom. The summed E-state index contributed by atoms with van der Waals surface area (Å²) in [5.74, 6) is -0.676. The smallest absolute Gasteiger partial charge is 0.348 e. The Labute approximate surface area is 122 Å². The lowest BCUT2D eigenvalue weighted by molar-refractivity contribution is 0.512. The molecule has 3 nitrogen and oxygen atoms in total. The van der Waals surface area contributed by atoms with E-state index in [1.807, 2.05) is 0 Å². The van der Waals surface area contributed by atoms with Crippen molar-refractivity contribution < 1.29 is 8.81 Å². The van der Waals surface area contributed by atoms with Crippen LogP contribution in [0.15, 0.2) is 45.6 Å². The first-order valence-electron chi connectivity index (χ1n) is 5.61. The van der Waals surface area contributed by atoms with Gasteiger partial charge in [0.05, 0.1) is 15.6 Å². The van der Waals surface area contributed by atoms with Gasteiger partial charge in [-0.2, -0.15) is 0 Å². The lowest BCUT2D eigenvalue weighted by Gasteiger charge is -2.04. The average Bonchev–Trinajstić information content (AvgIpc) is 2.43. The predicted octanol–water partition coefficient (Wildman–Crippen LogP) is 4.30. The maximum Gasteiger partial charge on any atom is 0.348 e. The average molecular weight is 310 g/mol. The van der Waals surface area contributed by atoms with Gasteiger partial charge >= 0.3 is 5.63 Å². The van der Waals surface area contributed by atoms with Crippen molar-refractivity contribution in [2.45, 2.75) is 0 Å². The fraction of sp³-hybridized carbons (Fsp3) is 0. The van der Waals surface area contributed by atoms with Gasteiger partial charge in [-0.25, -0.2) is 14.2 Å². The molecule has 0 aliphatic rings. The molecule has 0 aliphatic heterocycles. The number of benzene rings is 2. The molecular formula is C14H6Cl2FNO2. The van der Waals surface area contributed by atoms with E-state index in [0.29, 0.717) is 0 Å². The molecular weight excluding hydrogens is 304 g/mol. The van der Waals surface area contributed by atoms with Crippen LogP contribution < -0.4 is 5.63 Å². The topological polar surface area (TPSA) is 43.1 Å². The van der Waals surface area contributed by atoms with Crippen molar-refractivity contribution in [3.05, 3.63) is 62.7 Å². The Balaban J connectivity index is 2.39. The molecule has 100 valence electrons. The lowest BCUT2D eigenvalue weighted by Crippen LogP contribution is -2.04. The van der Waals surface area contributed by atoms with Gasteiger partial charge in [-0.1, -0.05) is 35.3 Å². The molecule has 0 unspecified atom stereocenters. The van der Waals surface area contributed by atoms with Crippen LogP contribution in [-0.2, 0) is 0 Å². The number of hydrogen-bond acceptors (Lipinski definition) is 3. The van der Waals surface area contributed by atoms with Crippen molar-refractivity contribution >= 4 is 34.1 Å². The van der Waals surface area contributed by atoms with Gasteiger partial charge in [0.2, 0.25) is 5.89 Å². The van der Waals surface area contributed by atoms with Gasteiger partial charge in [-0.15, -0.1) is 0 Å². The van der Waals surface area contributed by atoms with E-state index in [0.717, 1.165) is 0 Å². The first kappa shape index (κ1) is 13.1. The summed E-state index contributed by atoms with van der Waals surface area (Å²) in [6, 6.07) is 8.86. The molecule has 6 heteroatoms. The van der Waals surface area contributed by atoms with E-state index in [-0.39, 0.29) is 32.4 Å². The quantitative estimate of drug-likeness (QED) is 0.673. The SMILES string of the molecule is O=c1oc(-c2ccccc2F)nc2c(Cl)ccc(Cl)c12. The predicted molar refractivity (Wildman–Crippen MR) is 75.7 cm³/mol. The second-order valence-electron chi connectivity index (χ2n) is 4.04. The molecule has 0 amide bonds. The summed E-state index contributed by atoms with van der Waals surface area (Å²) in [4.78, 5) is 16.1. The van der Waals surface area contributed by atoms with Crippen molar-refractivity contribution in [2.75, 3.05) is 0 Å². The number of hydrogen-bond donors (Lipinski definition) is 0. The summed E-state index contributed by atoms with van der Waals surface area (Å²) in [6.45, 7) is 0. The standard InChI is InChI=1S/C14H6Cl2FNO2/c15-8-5-6-9(16)12-11(8)14(19)20-13(18-12)7-3-1-2-4-10(7)17/h1-6H. The Bertz CT molecular complexity index is 877. The summed E-state index contributed by atoms with van der Waals surface area (Å²) in [7, 11) is 0. The molecule has 0 atom stereocenters. The van der Waals surface area contributed by atoms with Crippen LogP contribution in [0.1, 0.15) is 0 Å². The minimum Gasteiger partial charge on any atom is -0.403 e. The summed E-state index contributed by atoms with van der Waals surface area (Å²) in [5, 5.41) is 0.514. The summed E-state index contributed by atoms with van der Waals surface area (Å²) in [6.07, 6.45) is 0. The number of halogens is 3. The molecule has 0 N–H and O–H groups in total. The molecule has 20 heavy (non-hydrogen) atoms. The van der Waals surface area contributed by atoms with Gasteiger partial charge in [0, 0.05) is 0 Å². The Hall–Kier alpha value is -1.91. The van der Waals surface area contributed by atoms with Crippen LogP contribution in [0.25, 0.3) is 22.4 Å². The third-order valence-corrected chi connectivity index (χ3v) is 3.41. The Morgan fingerprint density at radius 2 is 1.75 bits per heavy atom. The second-order valence-corrected chi connectivity index (χ2v) is 4.85. The first-order chi connectivity index (χ1) is 9.58. The van der Waals surface area contributed by atoms with E-state index in [1.54, 1.807) is 6.07 Å². The second kappa shape index (κ2) is 4.89. The first-order valence-corrected chi connectivity index (χ1v) is 6.37. The largest absolute Gasteiger partial charge is 0.403 e. The normalized spacial score (nSPS) is 10.9. The van der Waals surface area contributed by atoms with Crippen molar-refractivity contribution in [2.24, 2.45) is 0 Å². The van der Waals surface area contributed by atoms with E-state index in [2.05, 4.69) is 4.98 Å². The van der Waals surface area contributed by atoms with Crippen LogP contribution in [0.3, 0.4) is 0 Å². The highest BCUT2D eigenvalue weighted by molar-refractivity contribution is 6.39. The molecule has 0 spiro atoms. The maximum absolute atomic E-state index is 13.7. The third kappa shape index (κ3) is 2.07. The molecule has 1 aromatic heterocycles. The van der Waals surface area contributed by atoms with Crippen molar-refractivity contribution in [1.82, 2.24) is 4.98 Å². The van der Waals surface area contributed by atoms with Crippen LogP contribution in [0.2, 0.25) is 10.0 Å². The minimum atomic E-state index is -0.708. The fourth-order valence-corrected chi connectivity index (χ4v) is 2.29. The van der Waals surface area contributed by atoms with Gasteiger partial charge in [0.15, 0.2) is 0 Å². The molecule has 0 bridgehead atoms. The van der Waals surface area contributed by atoms with Crippen molar-refractivity contribution in [3.63, 3.8) is 0 Å². The summed E-state index contributed by atoms with van der Waals surface area (Å²) >= 11 is 11.9. The molecule has 0 saturated carbocycles. The molecule has 0 fully saturated rings. The van der Waals surface area contributed by atoms with Gasteiger partial charge in [0.25, 0.3) is 0 Å². The van der Waals surface area contributed by atoms with Crippen molar-refractivity contribution in [3.8, 4) is 11.5 Å². The third-order valence-electron chi connectivity index (χ3n) is 2.79. The molecule has 2 aromatic carbocycles. The van der Waals surface area contributed by atoms with E-state index in [1.165, 1.54) is 30.3 Å². The van der Waals surface area contributed by atoms with Gasteiger partial charge in [-0.05, 0) is 24.3 Å². The zero-order valence-corrected chi connectivity index (χ0v) is 11.4. The number of fused-ring (bicyclic) bond motifs is 1. The van der Waals surface area contributed by atoms with Crippen LogP contribution in [0.5, 0.6) is 0 Å². The van der Waals surface area contributed by atoms with Crippen LogP contribution >= 0.6 is 23.2 Å². The zero-order chi connectivity index (χ0) is 14.3. The Morgan fingerprint density at radius 1 is 1.05 bits per heavy atom. The molecule has 3 aromatic rings. The highest BCUT2D eigenvalue weighted by atomic mass is 35.5. The van der Waals surface area contributed by atoms with E-state index in [9.17, 15) is 9.18 Å². The fourth-order valence-electron chi connectivity index (χ4n) is 1.86. The number of nitrogens with zero attached hydrogens (tertiary/aromatic N) is 1. The number of rotatable bonds is 1. The number of aromatic nitrogens is 1. The molecule has 0 aliphatic carbocycles. The van der Waals surface area contributed by atoms with E-state index in [4.69, 9.17) is 27.6 Å². The van der Waals surface area contributed by atoms with Gasteiger partial charge in [-0.3, -0.25) is 0 Å². The van der Waals surface area contributed by atoms with E-state index >= 15 is 0 Å². The monoisotopic (exact) mass is 309 g/mol. The minimum absolute atomic E-state index is 0.0826. The highest BCUT2D eigenvalue weighted by Crippen LogP contribution is 2.28. The summed E-state index contributed by atoms with van der Waals surface area (Å²) < 4.78 is 18.8. The molecule has 3 rings (SSSR count). The molecule has 0 radical (unpaired) electrons. The van der Waals surface area contributed by atoms with Crippen molar-refractivity contribution in [1.29, 1.82) is 0 Å². The molecule has 0 saturated heterocycles. The summed E-state index contributed by atoms with van der Waals surface area (Å²) in [5.41, 5.74) is -0.433. The van der Waals surface area contributed by atoms with Crippen LogP contribution in [-0.4, -0.2) is 4.98 Å². The Kier molecular flexibility index (Phi) is 3.20. The maximum atomic E-state index is 13.7. The van der Waals surface area contributed by atoms with Crippen LogP contribution in [0.4, 0.5) is 4.39 Å². The van der Waals surface area contributed by atoms with Gasteiger partial charge < -0.3 is 4.42 Å². The van der Waals surface area contributed by atoms with Gasteiger partial charge in [0.1, 0.15) is 16.7 Å². The zero-order valence-electron chi connectivity index (χ0n) is 9.86. The highest BCUT2D eigenvalue weighted by Gasteiger charge is 2.15. The molecule has 1 heterocycles.